The van der Waals surface area contributed by atoms with Gasteiger partial charge in [-0.3, -0.25) is 9.78 Å². The molecule has 3 rings (SSSR count). The molecule has 2 N–H and O–H groups in total. The summed E-state index contributed by atoms with van der Waals surface area (Å²) in [6.07, 6.45) is 4.60. The van der Waals surface area contributed by atoms with Crippen LogP contribution in [-0.4, -0.2) is 35.6 Å². The van der Waals surface area contributed by atoms with Crippen LogP contribution < -0.4 is 15.2 Å². The van der Waals surface area contributed by atoms with Crippen molar-refractivity contribution in [2.45, 2.75) is 6.61 Å². The third-order valence-electron chi connectivity index (χ3n) is 3.77. The molecule has 8 nitrogen and oxygen atoms in total. The summed E-state index contributed by atoms with van der Waals surface area (Å²) in [6.45, 7) is -0.188. The second-order valence-electron chi connectivity index (χ2n) is 5.97. The molecule has 0 aliphatic carbocycles. The number of aromatic nitrogens is 2. The van der Waals surface area contributed by atoms with Crippen molar-refractivity contribution in [3.05, 3.63) is 65.3 Å². The Morgan fingerprint density at radius 1 is 1.20 bits per heavy atom. The zero-order chi connectivity index (χ0) is 21.3. The normalized spacial score (nSPS) is 10.7. The highest BCUT2D eigenvalue weighted by atomic mass is 32.1. The first-order valence-corrected chi connectivity index (χ1v) is 9.73. The maximum atomic E-state index is 12.0. The molecular weight excluding hydrogens is 406 g/mol. The summed E-state index contributed by atoms with van der Waals surface area (Å²) < 4.78 is 15.7. The molecule has 3 aromatic rings. The van der Waals surface area contributed by atoms with E-state index in [1.165, 1.54) is 24.5 Å². The zero-order valence-corrected chi connectivity index (χ0v) is 16.9. The van der Waals surface area contributed by atoms with E-state index >= 15 is 0 Å². The van der Waals surface area contributed by atoms with Crippen molar-refractivity contribution in [3.63, 3.8) is 0 Å². The zero-order valence-electron chi connectivity index (χ0n) is 16.1. The number of carbonyl (C=O) groups is 2. The van der Waals surface area contributed by atoms with Crippen molar-refractivity contribution in [1.29, 1.82) is 0 Å². The van der Waals surface area contributed by atoms with Gasteiger partial charge in [0.25, 0.3) is 5.91 Å². The van der Waals surface area contributed by atoms with Crippen LogP contribution in [0.3, 0.4) is 0 Å². The fraction of sp³-hybridized carbons (Fsp3) is 0.143. The Morgan fingerprint density at radius 2 is 2.07 bits per heavy atom. The third kappa shape index (κ3) is 5.89. The van der Waals surface area contributed by atoms with E-state index in [0.717, 1.165) is 10.7 Å². The average Bonchev–Trinajstić information content (AvgIpc) is 3.24. The minimum absolute atomic E-state index is 0.0652. The Bertz CT molecular complexity index is 1050. The highest BCUT2D eigenvalue weighted by Gasteiger charge is 2.08. The lowest BCUT2D eigenvalue weighted by molar-refractivity contribution is -0.139. The maximum absolute atomic E-state index is 12.0. The molecule has 2 heterocycles. The van der Waals surface area contributed by atoms with Crippen LogP contribution in [0.25, 0.3) is 16.8 Å². The summed E-state index contributed by atoms with van der Waals surface area (Å²) in [5.41, 5.74) is 7.19. The molecule has 0 unspecified atom stereocenters. The lowest BCUT2D eigenvalue weighted by atomic mass is 10.2. The van der Waals surface area contributed by atoms with E-state index in [2.05, 4.69) is 9.97 Å². The van der Waals surface area contributed by atoms with E-state index in [-0.39, 0.29) is 13.2 Å². The van der Waals surface area contributed by atoms with E-state index in [9.17, 15) is 9.59 Å². The molecule has 0 bridgehead atoms. The molecule has 0 fully saturated rings. The van der Waals surface area contributed by atoms with E-state index in [0.29, 0.717) is 22.8 Å². The monoisotopic (exact) mass is 425 g/mol. The summed E-state index contributed by atoms with van der Waals surface area (Å²) in [5.74, 6) is -0.300. The van der Waals surface area contributed by atoms with Crippen LogP contribution >= 0.6 is 11.3 Å². The van der Waals surface area contributed by atoms with Crippen LogP contribution in [0, 0.1) is 0 Å². The Kier molecular flexibility index (Phi) is 7.12. The highest BCUT2D eigenvalue weighted by molar-refractivity contribution is 7.13. The van der Waals surface area contributed by atoms with Gasteiger partial charge in [0, 0.05) is 17.7 Å². The van der Waals surface area contributed by atoms with Crippen molar-refractivity contribution in [3.8, 4) is 22.2 Å². The van der Waals surface area contributed by atoms with Gasteiger partial charge in [0.1, 0.15) is 11.6 Å². The van der Waals surface area contributed by atoms with Gasteiger partial charge in [-0.25, -0.2) is 9.78 Å². The molecular formula is C21H19N3O5S. The van der Waals surface area contributed by atoms with Crippen LogP contribution in [0.4, 0.5) is 0 Å². The minimum Gasteiger partial charge on any atom is -0.493 e. The fourth-order valence-electron chi connectivity index (χ4n) is 2.39. The summed E-state index contributed by atoms with van der Waals surface area (Å²) in [7, 11) is 1.47. The Labute approximate surface area is 176 Å². The van der Waals surface area contributed by atoms with Gasteiger partial charge in [-0.05, 0) is 35.9 Å². The van der Waals surface area contributed by atoms with Crippen LogP contribution in [0.15, 0.2) is 54.1 Å². The summed E-state index contributed by atoms with van der Waals surface area (Å²) >= 11 is 1.44. The predicted octanol–water partition coefficient (Wildman–Crippen LogP) is 2.83. The maximum Gasteiger partial charge on any atom is 0.331 e. The number of pyridine rings is 1. The topological polar surface area (TPSA) is 114 Å². The number of nitrogens with two attached hydrogens (primary N) is 1. The van der Waals surface area contributed by atoms with Gasteiger partial charge in [-0.15, -0.1) is 11.3 Å². The van der Waals surface area contributed by atoms with E-state index in [1.807, 2.05) is 23.6 Å². The second-order valence-corrected chi connectivity index (χ2v) is 6.82. The number of methoxy groups -OCH3 is 1. The van der Waals surface area contributed by atoms with E-state index < -0.39 is 11.9 Å². The number of ether oxygens (including phenoxy) is 3. The smallest absolute Gasteiger partial charge is 0.331 e. The number of hydrogen-bond acceptors (Lipinski definition) is 8. The standard InChI is InChI=1S/C21H19N3O5S/c1-27-18-10-14(5-7-17(18)28-12-19(22)25)6-8-20(26)29-11-15-13-30-21(24-15)16-4-2-3-9-23-16/h2-10,13H,11-12H2,1H3,(H2,22,25)/b8-6+. The van der Waals surface area contributed by atoms with Gasteiger partial charge in [0.15, 0.2) is 18.1 Å². The van der Waals surface area contributed by atoms with E-state index in [1.54, 1.807) is 30.5 Å². The average molecular weight is 425 g/mol. The Hall–Kier alpha value is -3.72. The van der Waals surface area contributed by atoms with Crippen LogP contribution in [0.5, 0.6) is 11.5 Å². The number of esters is 1. The van der Waals surface area contributed by atoms with Crippen molar-refractivity contribution in [2.24, 2.45) is 5.73 Å². The molecule has 0 saturated carbocycles. The molecule has 9 heteroatoms. The Morgan fingerprint density at radius 3 is 2.80 bits per heavy atom. The SMILES string of the molecule is COc1cc(/C=C/C(=O)OCc2csc(-c3ccccn3)n2)ccc1OCC(N)=O. The number of benzene rings is 1. The van der Waals surface area contributed by atoms with Gasteiger partial charge in [-0.1, -0.05) is 12.1 Å². The molecule has 154 valence electrons. The first kappa shape index (κ1) is 21.0. The van der Waals surface area contributed by atoms with Crippen molar-refractivity contribution < 1.29 is 23.8 Å². The van der Waals surface area contributed by atoms with E-state index in [4.69, 9.17) is 19.9 Å². The number of carbonyl (C=O) groups excluding carboxylic acids is 2. The van der Waals surface area contributed by atoms with Gasteiger partial charge >= 0.3 is 5.97 Å². The van der Waals surface area contributed by atoms with Crippen molar-refractivity contribution in [2.75, 3.05) is 13.7 Å². The fourth-order valence-corrected chi connectivity index (χ4v) is 3.17. The number of hydrogen-bond donors (Lipinski definition) is 1. The molecule has 0 radical (unpaired) electrons. The second kappa shape index (κ2) is 10.2. The molecule has 0 aliphatic rings. The Balaban J connectivity index is 1.56. The molecule has 0 saturated heterocycles. The summed E-state index contributed by atoms with van der Waals surface area (Å²) in [5, 5.41) is 2.60. The number of primary amides is 1. The molecule has 0 aliphatic heterocycles. The highest BCUT2D eigenvalue weighted by Crippen LogP contribution is 2.28. The lowest BCUT2D eigenvalue weighted by Gasteiger charge is -2.09. The largest absolute Gasteiger partial charge is 0.493 e. The van der Waals surface area contributed by atoms with Gasteiger partial charge in [0.05, 0.1) is 18.5 Å². The van der Waals surface area contributed by atoms with Crippen molar-refractivity contribution in [1.82, 2.24) is 9.97 Å². The third-order valence-corrected chi connectivity index (χ3v) is 4.68. The molecule has 0 spiro atoms. The minimum atomic E-state index is -0.587. The molecule has 0 atom stereocenters. The number of thiazole rings is 1. The van der Waals surface area contributed by atoms with Crippen LogP contribution in [0.2, 0.25) is 0 Å². The molecule has 1 amide bonds. The number of nitrogens with zero attached hydrogens (tertiary/aromatic N) is 2. The molecule has 2 aromatic heterocycles. The quantitative estimate of drug-likeness (QED) is 0.414. The summed E-state index contributed by atoms with van der Waals surface area (Å²) in [4.78, 5) is 31.5. The summed E-state index contributed by atoms with van der Waals surface area (Å²) in [6, 6.07) is 10.6. The first-order chi connectivity index (χ1) is 14.5. The number of rotatable bonds is 9. The van der Waals surface area contributed by atoms with Crippen LogP contribution in [-0.2, 0) is 20.9 Å². The lowest BCUT2D eigenvalue weighted by Crippen LogP contribution is -2.20. The number of amides is 1. The van der Waals surface area contributed by atoms with Crippen LogP contribution in [0.1, 0.15) is 11.3 Å². The predicted molar refractivity (Wildman–Crippen MR) is 112 cm³/mol. The first-order valence-electron chi connectivity index (χ1n) is 8.85. The molecule has 1 aromatic carbocycles. The van der Waals surface area contributed by atoms with Gasteiger partial charge in [0.2, 0.25) is 0 Å². The van der Waals surface area contributed by atoms with Gasteiger partial charge in [-0.2, -0.15) is 0 Å². The molecule has 30 heavy (non-hydrogen) atoms. The van der Waals surface area contributed by atoms with Gasteiger partial charge < -0.3 is 19.9 Å². The van der Waals surface area contributed by atoms with Crippen molar-refractivity contribution >= 4 is 29.3 Å².